The lowest BCUT2D eigenvalue weighted by molar-refractivity contribution is 0.670. The van der Waals surface area contributed by atoms with E-state index in [9.17, 15) is 0 Å². The van der Waals surface area contributed by atoms with Gasteiger partial charge in [0, 0.05) is 43.2 Å². The highest BCUT2D eigenvalue weighted by Crippen LogP contribution is 2.48. The third kappa shape index (κ3) is 5.47. The monoisotopic (exact) mass is 769 g/mol. The zero-order valence-electron chi connectivity index (χ0n) is 32.0. The van der Waals surface area contributed by atoms with Gasteiger partial charge in [-0.3, -0.25) is 0 Å². The zero-order chi connectivity index (χ0) is 38.9. The minimum absolute atomic E-state index is 0.893. The molecule has 0 N–H and O–H groups in total. The first-order valence-corrected chi connectivity index (χ1v) is 20.9. The molecule has 12 rings (SSSR count). The molecule has 0 saturated heterocycles. The number of rotatable bonds is 6. The second kappa shape index (κ2) is 13.6. The van der Waals surface area contributed by atoms with Gasteiger partial charge in [-0.15, -0.1) is 11.3 Å². The number of furan rings is 1. The van der Waals surface area contributed by atoms with Crippen LogP contribution in [0, 0.1) is 0 Å². The number of nitrogens with zero attached hydrogens (tertiary/aromatic N) is 1. The van der Waals surface area contributed by atoms with Crippen molar-refractivity contribution in [3.05, 3.63) is 212 Å². The maximum absolute atomic E-state index is 6.69. The fraction of sp³-hybridized carbons (Fsp3) is 0. The molecule has 2 heterocycles. The summed E-state index contributed by atoms with van der Waals surface area (Å²) in [5, 5.41) is 9.84. The van der Waals surface area contributed by atoms with Gasteiger partial charge in [0.05, 0.1) is 10.4 Å². The van der Waals surface area contributed by atoms with E-state index in [0.717, 1.165) is 61.3 Å². The van der Waals surface area contributed by atoms with Gasteiger partial charge in [-0.2, -0.15) is 0 Å². The average molecular weight is 770 g/mol. The second-order valence-electron chi connectivity index (χ2n) is 15.2. The summed E-state index contributed by atoms with van der Waals surface area (Å²) in [5.74, 6) is 0. The number of fused-ring (bicyclic) bond motifs is 9. The van der Waals surface area contributed by atoms with Gasteiger partial charge in [0.2, 0.25) is 0 Å². The van der Waals surface area contributed by atoms with Crippen LogP contribution in [0.25, 0.3) is 97.0 Å². The Balaban J connectivity index is 1.10. The highest BCUT2D eigenvalue weighted by molar-refractivity contribution is 7.26. The van der Waals surface area contributed by atoms with Gasteiger partial charge < -0.3 is 9.32 Å². The largest absolute Gasteiger partial charge is 0.455 e. The highest BCUT2D eigenvalue weighted by Gasteiger charge is 2.22. The molecule has 0 saturated carbocycles. The predicted octanol–water partition coefficient (Wildman–Crippen LogP) is 16.7. The van der Waals surface area contributed by atoms with Gasteiger partial charge in [-0.25, -0.2) is 0 Å². The van der Waals surface area contributed by atoms with Crippen molar-refractivity contribution in [2.24, 2.45) is 0 Å². The van der Waals surface area contributed by atoms with Crippen LogP contribution in [0.4, 0.5) is 17.1 Å². The Morgan fingerprint density at radius 3 is 1.86 bits per heavy atom. The molecule has 0 aliphatic carbocycles. The summed E-state index contributed by atoms with van der Waals surface area (Å²) in [5.41, 5.74) is 12.0. The Morgan fingerprint density at radius 2 is 1.00 bits per heavy atom. The molecule has 276 valence electrons. The molecule has 10 aromatic carbocycles. The number of thiophene rings is 1. The van der Waals surface area contributed by atoms with Gasteiger partial charge in [0.15, 0.2) is 0 Å². The molecular weight excluding hydrogens is 735 g/mol. The third-order valence-electron chi connectivity index (χ3n) is 11.9. The Labute approximate surface area is 345 Å². The van der Waals surface area contributed by atoms with Crippen molar-refractivity contribution in [1.82, 2.24) is 0 Å². The van der Waals surface area contributed by atoms with Gasteiger partial charge >= 0.3 is 0 Å². The van der Waals surface area contributed by atoms with Crippen LogP contribution < -0.4 is 4.90 Å². The molecule has 12 aromatic rings. The van der Waals surface area contributed by atoms with Crippen LogP contribution in [0.3, 0.4) is 0 Å². The number of anilines is 3. The van der Waals surface area contributed by atoms with Crippen LogP contribution in [-0.4, -0.2) is 0 Å². The molecule has 0 aliphatic rings. The molecular formula is C56H35NOS. The average Bonchev–Trinajstić information content (AvgIpc) is 3.89. The number of hydrogen-bond donors (Lipinski definition) is 0. The Kier molecular flexibility index (Phi) is 7.75. The summed E-state index contributed by atoms with van der Waals surface area (Å²) in [4.78, 5) is 2.44. The van der Waals surface area contributed by atoms with Crippen molar-refractivity contribution in [2.45, 2.75) is 0 Å². The third-order valence-corrected chi connectivity index (χ3v) is 13.1. The predicted molar refractivity (Wildman–Crippen MR) is 253 cm³/mol. The molecule has 0 fully saturated rings. The van der Waals surface area contributed by atoms with Crippen LogP contribution in [0.2, 0.25) is 0 Å². The second-order valence-corrected chi connectivity index (χ2v) is 16.3. The summed E-state index contributed by atoms with van der Waals surface area (Å²) in [7, 11) is 0. The normalized spacial score (nSPS) is 11.7. The summed E-state index contributed by atoms with van der Waals surface area (Å²) in [6.45, 7) is 0. The van der Waals surface area contributed by atoms with E-state index in [1.54, 1.807) is 0 Å². The van der Waals surface area contributed by atoms with Crippen molar-refractivity contribution >= 4 is 92.1 Å². The van der Waals surface area contributed by atoms with Crippen molar-refractivity contribution in [3.63, 3.8) is 0 Å². The minimum Gasteiger partial charge on any atom is -0.455 e. The first kappa shape index (κ1) is 33.7. The van der Waals surface area contributed by atoms with E-state index >= 15 is 0 Å². The number of para-hydroxylation sites is 2. The van der Waals surface area contributed by atoms with E-state index < -0.39 is 0 Å². The van der Waals surface area contributed by atoms with E-state index in [1.807, 2.05) is 17.4 Å². The van der Waals surface area contributed by atoms with Crippen molar-refractivity contribution in [2.75, 3.05) is 4.90 Å². The maximum atomic E-state index is 6.69. The van der Waals surface area contributed by atoms with E-state index in [-0.39, 0.29) is 0 Å². The Hall–Kier alpha value is -7.46. The molecule has 59 heavy (non-hydrogen) atoms. The fourth-order valence-corrected chi connectivity index (χ4v) is 10.3. The van der Waals surface area contributed by atoms with E-state index in [0.29, 0.717) is 0 Å². The van der Waals surface area contributed by atoms with Gasteiger partial charge in [0.25, 0.3) is 0 Å². The first-order chi connectivity index (χ1) is 29.3. The lowest BCUT2D eigenvalue weighted by atomic mass is 9.92. The molecule has 2 aromatic heterocycles. The Bertz CT molecular complexity index is 3560. The maximum Gasteiger partial charge on any atom is 0.143 e. The van der Waals surface area contributed by atoms with E-state index in [1.165, 1.54) is 52.8 Å². The number of benzene rings is 10. The van der Waals surface area contributed by atoms with E-state index in [4.69, 9.17) is 4.42 Å². The lowest BCUT2D eigenvalue weighted by Gasteiger charge is -2.27. The van der Waals surface area contributed by atoms with Gasteiger partial charge in [0.1, 0.15) is 11.2 Å². The molecule has 0 amide bonds. The molecule has 0 radical (unpaired) electrons. The molecule has 0 atom stereocenters. The van der Waals surface area contributed by atoms with Crippen LogP contribution in [-0.2, 0) is 0 Å². The van der Waals surface area contributed by atoms with Crippen molar-refractivity contribution < 1.29 is 4.42 Å². The first-order valence-electron chi connectivity index (χ1n) is 20.1. The van der Waals surface area contributed by atoms with Crippen LogP contribution in [0.5, 0.6) is 0 Å². The van der Waals surface area contributed by atoms with Gasteiger partial charge in [-0.05, 0) is 97.9 Å². The smallest absolute Gasteiger partial charge is 0.143 e. The molecule has 3 heteroatoms. The van der Waals surface area contributed by atoms with Crippen LogP contribution in [0.15, 0.2) is 217 Å². The van der Waals surface area contributed by atoms with E-state index in [2.05, 4.69) is 211 Å². The number of hydrogen-bond acceptors (Lipinski definition) is 3. The fourth-order valence-electron chi connectivity index (χ4n) is 9.14. The summed E-state index contributed by atoms with van der Waals surface area (Å²) in [6, 6.07) is 77.0. The molecule has 0 spiro atoms. The molecule has 0 bridgehead atoms. The summed E-state index contributed by atoms with van der Waals surface area (Å²) >= 11 is 1.86. The topological polar surface area (TPSA) is 16.4 Å². The van der Waals surface area contributed by atoms with Crippen LogP contribution in [0.1, 0.15) is 0 Å². The summed E-state index contributed by atoms with van der Waals surface area (Å²) < 4.78 is 9.23. The van der Waals surface area contributed by atoms with Crippen molar-refractivity contribution in [1.29, 1.82) is 0 Å². The van der Waals surface area contributed by atoms with Crippen LogP contribution >= 0.6 is 11.3 Å². The van der Waals surface area contributed by atoms with Gasteiger partial charge in [-0.1, -0.05) is 164 Å². The Morgan fingerprint density at radius 1 is 0.356 bits per heavy atom. The standard InChI is InChI=1S/C56H35NOS/c1-2-14-36(15-3-1)42-33-32-40(35-51(42)48-23-12-22-47-45-20-8-10-26-53(45)58-55(47)48)57(52-25-13-24-49-46-21-9-11-27-54(46)59-56(49)52)39-30-28-37(29-31-39)50-34-38-16-4-5-17-41(38)43-18-6-7-19-44(43)50/h1-35H. The quantitative estimate of drug-likeness (QED) is 0.157. The molecule has 0 aliphatic heterocycles. The molecule has 2 nitrogen and oxygen atoms in total. The summed E-state index contributed by atoms with van der Waals surface area (Å²) in [6.07, 6.45) is 0. The SMILES string of the molecule is c1ccc(-c2ccc(N(c3ccc(-c4cc5ccccc5c5ccccc45)cc3)c3cccc4c3sc3ccccc34)cc2-c2cccc3c2oc2ccccc23)cc1. The lowest BCUT2D eigenvalue weighted by Crippen LogP contribution is -2.10. The zero-order valence-corrected chi connectivity index (χ0v) is 32.8. The highest BCUT2D eigenvalue weighted by atomic mass is 32.1. The minimum atomic E-state index is 0.893. The van der Waals surface area contributed by atoms with Crippen molar-refractivity contribution in [3.8, 4) is 33.4 Å². The molecule has 0 unspecified atom stereocenters.